The molecule has 2 aromatic heterocycles. The van der Waals surface area contributed by atoms with E-state index in [1.807, 2.05) is 0 Å². The number of aromatic nitrogens is 1. The number of hydrogen-bond donors (Lipinski definition) is 0. The highest BCUT2D eigenvalue weighted by Crippen LogP contribution is 2.25. The van der Waals surface area contributed by atoms with Gasteiger partial charge in [0.2, 0.25) is 0 Å². The SMILES string of the molecule is CCOC(=O)Cn1c(=NC(=O)/C=C\c2ccc([N+](=O)[O-])s2)sc2cc(OC)ccc21. The molecule has 0 spiro atoms. The van der Waals surface area contributed by atoms with Crippen LogP contribution in [0.2, 0.25) is 0 Å². The molecule has 0 saturated heterocycles. The molecule has 2 heterocycles. The van der Waals surface area contributed by atoms with Gasteiger partial charge in [0.25, 0.3) is 5.91 Å². The first-order chi connectivity index (χ1) is 14.4. The molecule has 0 bridgehead atoms. The van der Waals surface area contributed by atoms with E-state index in [9.17, 15) is 19.7 Å². The van der Waals surface area contributed by atoms with Crippen LogP contribution in [0.25, 0.3) is 16.3 Å². The number of methoxy groups -OCH3 is 1. The topological polar surface area (TPSA) is 113 Å². The zero-order valence-corrected chi connectivity index (χ0v) is 17.7. The summed E-state index contributed by atoms with van der Waals surface area (Å²) in [4.78, 5) is 39.6. The van der Waals surface area contributed by atoms with E-state index in [-0.39, 0.29) is 18.2 Å². The number of thiazole rings is 1. The van der Waals surface area contributed by atoms with Crippen LogP contribution in [0.3, 0.4) is 0 Å². The Morgan fingerprint density at radius 3 is 2.73 bits per heavy atom. The molecule has 1 aromatic carbocycles. The molecule has 3 rings (SSSR count). The molecule has 3 aromatic rings. The molecule has 0 atom stereocenters. The van der Waals surface area contributed by atoms with Gasteiger partial charge in [0.15, 0.2) is 4.80 Å². The Kier molecular flexibility index (Phi) is 6.75. The van der Waals surface area contributed by atoms with Crippen molar-refractivity contribution in [1.29, 1.82) is 0 Å². The molecular formula is C19H17N3O6S2. The molecule has 0 unspecified atom stereocenters. The fraction of sp³-hybridized carbons (Fsp3) is 0.211. The predicted octanol–water partition coefficient (Wildman–Crippen LogP) is 3.38. The summed E-state index contributed by atoms with van der Waals surface area (Å²) in [6, 6.07) is 8.27. The number of amides is 1. The third kappa shape index (κ3) is 4.99. The average molecular weight is 447 g/mol. The smallest absolute Gasteiger partial charge is 0.326 e. The maximum atomic E-state index is 12.4. The van der Waals surface area contributed by atoms with Crippen molar-refractivity contribution in [3.63, 3.8) is 0 Å². The number of carbonyl (C=O) groups excluding carboxylic acids is 2. The lowest BCUT2D eigenvalue weighted by Crippen LogP contribution is -2.22. The number of thiophene rings is 1. The van der Waals surface area contributed by atoms with Crippen molar-refractivity contribution in [3.8, 4) is 5.75 Å². The van der Waals surface area contributed by atoms with Crippen LogP contribution in [-0.4, -0.2) is 35.1 Å². The number of nitro groups is 1. The molecule has 0 aliphatic carbocycles. The summed E-state index contributed by atoms with van der Waals surface area (Å²) in [5.74, 6) is -0.352. The van der Waals surface area contributed by atoms with Gasteiger partial charge in [0.05, 0.1) is 28.9 Å². The van der Waals surface area contributed by atoms with Crippen LogP contribution in [0.15, 0.2) is 41.4 Å². The molecule has 0 aliphatic rings. The third-order valence-corrected chi connectivity index (χ3v) is 5.91. The number of hydrogen-bond acceptors (Lipinski definition) is 8. The summed E-state index contributed by atoms with van der Waals surface area (Å²) in [5.41, 5.74) is 0.721. The number of nitrogens with zero attached hydrogens (tertiary/aromatic N) is 3. The maximum Gasteiger partial charge on any atom is 0.326 e. The zero-order chi connectivity index (χ0) is 21.7. The van der Waals surface area contributed by atoms with Crippen LogP contribution in [0, 0.1) is 10.1 Å². The molecule has 30 heavy (non-hydrogen) atoms. The van der Waals surface area contributed by atoms with Crippen molar-refractivity contribution >= 4 is 55.8 Å². The molecule has 11 heteroatoms. The minimum absolute atomic E-state index is 0.00947. The molecule has 0 aliphatic heterocycles. The fourth-order valence-corrected chi connectivity index (χ4v) is 4.36. The van der Waals surface area contributed by atoms with Crippen LogP contribution >= 0.6 is 22.7 Å². The lowest BCUT2D eigenvalue weighted by atomic mass is 10.3. The van der Waals surface area contributed by atoms with Gasteiger partial charge in [0.1, 0.15) is 12.3 Å². The molecule has 0 N–H and O–H groups in total. The molecule has 0 fully saturated rings. The molecular weight excluding hydrogens is 430 g/mol. The van der Waals surface area contributed by atoms with Gasteiger partial charge in [-0.15, -0.1) is 0 Å². The van der Waals surface area contributed by atoms with E-state index in [1.165, 1.54) is 29.6 Å². The summed E-state index contributed by atoms with van der Waals surface area (Å²) in [6.45, 7) is 1.87. The van der Waals surface area contributed by atoms with Crippen LogP contribution in [0.4, 0.5) is 5.00 Å². The Hall–Kier alpha value is -3.31. The third-order valence-electron chi connectivity index (χ3n) is 3.87. The highest BCUT2D eigenvalue weighted by Gasteiger charge is 2.13. The van der Waals surface area contributed by atoms with Crippen molar-refractivity contribution in [1.82, 2.24) is 4.57 Å². The summed E-state index contributed by atoms with van der Waals surface area (Å²) in [7, 11) is 1.55. The Labute approximate surface area is 178 Å². The van der Waals surface area contributed by atoms with E-state index >= 15 is 0 Å². The summed E-state index contributed by atoms with van der Waals surface area (Å²) in [5, 5.41) is 10.7. The highest BCUT2D eigenvalue weighted by molar-refractivity contribution is 7.16. The second-order valence-electron chi connectivity index (χ2n) is 5.83. The van der Waals surface area contributed by atoms with Gasteiger partial charge < -0.3 is 14.0 Å². The van der Waals surface area contributed by atoms with Crippen molar-refractivity contribution in [3.05, 3.63) is 56.2 Å². The summed E-state index contributed by atoms with van der Waals surface area (Å²) >= 11 is 2.20. The number of fused-ring (bicyclic) bond motifs is 1. The highest BCUT2D eigenvalue weighted by atomic mass is 32.1. The van der Waals surface area contributed by atoms with E-state index in [0.717, 1.165) is 21.6 Å². The quantitative estimate of drug-likeness (QED) is 0.237. The number of ether oxygens (including phenoxy) is 2. The number of carbonyl (C=O) groups is 2. The van der Waals surface area contributed by atoms with Crippen LogP contribution in [0.1, 0.15) is 11.8 Å². The van der Waals surface area contributed by atoms with Crippen LogP contribution in [-0.2, 0) is 20.9 Å². The van der Waals surface area contributed by atoms with Crippen LogP contribution in [0.5, 0.6) is 5.75 Å². The Balaban J connectivity index is 1.95. The molecule has 9 nitrogen and oxygen atoms in total. The minimum Gasteiger partial charge on any atom is -0.497 e. The van der Waals surface area contributed by atoms with Gasteiger partial charge in [-0.2, -0.15) is 4.99 Å². The normalized spacial score (nSPS) is 11.9. The Morgan fingerprint density at radius 2 is 2.07 bits per heavy atom. The van der Waals surface area contributed by atoms with Crippen molar-refractivity contribution < 1.29 is 24.0 Å². The van der Waals surface area contributed by atoms with E-state index in [1.54, 1.807) is 42.9 Å². The van der Waals surface area contributed by atoms with E-state index < -0.39 is 16.8 Å². The van der Waals surface area contributed by atoms with E-state index in [0.29, 0.717) is 15.4 Å². The second kappa shape index (κ2) is 9.46. The minimum atomic E-state index is -0.554. The molecule has 0 radical (unpaired) electrons. The first-order valence-corrected chi connectivity index (χ1v) is 10.4. The standard InChI is InChI=1S/C19H17N3O6S2/c1-3-28-18(24)11-21-14-7-4-12(27-2)10-15(14)30-19(21)20-16(23)8-5-13-6-9-17(29-13)22(25)26/h4-10H,3,11H2,1-2H3/b8-5-,20-19?. The van der Waals surface area contributed by atoms with Crippen molar-refractivity contribution in [2.75, 3.05) is 13.7 Å². The van der Waals surface area contributed by atoms with Gasteiger partial charge in [-0.3, -0.25) is 19.7 Å². The lowest BCUT2D eigenvalue weighted by Gasteiger charge is -2.05. The van der Waals surface area contributed by atoms with Gasteiger partial charge in [-0.1, -0.05) is 22.7 Å². The predicted molar refractivity (Wildman–Crippen MR) is 114 cm³/mol. The van der Waals surface area contributed by atoms with Gasteiger partial charge in [0, 0.05) is 17.0 Å². The first-order valence-electron chi connectivity index (χ1n) is 8.75. The van der Waals surface area contributed by atoms with E-state index in [2.05, 4.69) is 4.99 Å². The Bertz CT molecular complexity index is 1200. The van der Waals surface area contributed by atoms with Gasteiger partial charge >= 0.3 is 11.0 Å². The molecule has 0 saturated carbocycles. The van der Waals surface area contributed by atoms with E-state index in [4.69, 9.17) is 9.47 Å². The number of rotatable bonds is 7. The summed E-state index contributed by atoms with van der Waals surface area (Å²) in [6.07, 6.45) is 2.70. The second-order valence-corrected chi connectivity index (χ2v) is 7.93. The number of benzene rings is 1. The van der Waals surface area contributed by atoms with Crippen LogP contribution < -0.4 is 9.54 Å². The van der Waals surface area contributed by atoms with Crippen molar-refractivity contribution in [2.45, 2.75) is 13.5 Å². The van der Waals surface area contributed by atoms with Gasteiger partial charge in [-0.25, -0.2) is 0 Å². The van der Waals surface area contributed by atoms with Gasteiger partial charge in [-0.05, 0) is 37.3 Å². The lowest BCUT2D eigenvalue weighted by molar-refractivity contribution is -0.380. The monoisotopic (exact) mass is 447 g/mol. The maximum absolute atomic E-state index is 12.4. The zero-order valence-electron chi connectivity index (χ0n) is 16.1. The Morgan fingerprint density at radius 1 is 1.27 bits per heavy atom. The number of esters is 1. The largest absolute Gasteiger partial charge is 0.497 e. The average Bonchev–Trinajstić information content (AvgIpc) is 3.31. The molecule has 156 valence electrons. The van der Waals surface area contributed by atoms with Crippen molar-refractivity contribution in [2.24, 2.45) is 4.99 Å². The summed E-state index contributed by atoms with van der Waals surface area (Å²) < 4.78 is 12.7. The molecule has 1 amide bonds. The fourth-order valence-electron chi connectivity index (χ4n) is 2.57. The first kappa shape index (κ1) is 21.4.